The summed E-state index contributed by atoms with van der Waals surface area (Å²) >= 11 is 8.73. The van der Waals surface area contributed by atoms with Gasteiger partial charge in [-0.1, -0.05) is 35.1 Å². The predicted octanol–water partition coefficient (Wildman–Crippen LogP) is 4.19. The van der Waals surface area contributed by atoms with Gasteiger partial charge in [0.2, 0.25) is 5.91 Å². The highest BCUT2D eigenvalue weighted by atomic mass is 35.5. The van der Waals surface area contributed by atoms with Gasteiger partial charge in [-0.15, -0.1) is 11.3 Å². The number of nitrogens with one attached hydrogen (secondary N) is 1. The van der Waals surface area contributed by atoms with Gasteiger partial charge in [-0.25, -0.2) is 4.98 Å². The van der Waals surface area contributed by atoms with Gasteiger partial charge in [-0.3, -0.25) is 4.79 Å². The summed E-state index contributed by atoms with van der Waals surface area (Å²) in [5, 5.41) is 3.45. The Kier molecular flexibility index (Phi) is 3.50. The summed E-state index contributed by atoms with van der Waals surface area (Å²) in [6.07, 6.45) is 0.327. The number of benzene rings is 1. The summed E-state index contributed by atoms with van der Waals surface area (Å²) < 4.78 is 1.76. The SMILES string of the molecule is O=C(Cc1ccc(Cl)s1)Nc1nc2ccccc2s1. The number of fused-ring (bicyclic) bond motifs is 1. The van der Waals surface area contributed by atoms with Crippen molar-refractivity contribution in [2.75, 3.05) is 5.32 Å². The third-order valence-corrected chi connectivity index (χ3v) is 4.69. The smallest absolute Gasteiger partial charge is 0.231 e. The van der Waals surface area contributed by atoms with Gasteiger partial charge in [0, 0.05) is 4.88 Å². The quantitative estimate of drug-likeness (QED) is 0.788. The summed E-state index contributed by atoms with van der Waals surface area (Å²) in [6, 6.07) is 11.5. The van der Waals surface area contributed by atoms with Crippen LogP contribution in [0.4, 0.5) is 5.13 Å². The fourth-order valence-corrected chi connectivity index (χ4v) is 3.66. The summed E-state index contributed by atoms with van der Waals surface area (Å²) in [6.45, 7) is 0. The van der Waals surface area contributed by atoms with Crippen LogP contribution in [0.5, 0.6) is 0 Å². The van der Waals surface area contributed by atoms with E-state index in [9.17, 15) is 4.79 Å². The van der Waals surface area contributed by atoms with E-state index in [1.807, 2.05) is 30.3 Å². The Morgan fingerprint density at radius 1 is 1.21 bits per heavy atom. The second-order valence-corrected chi connectivity index (χ2v) is 6.75. The van der Waals surface area contributed by atoms with Crippen molar-refractivity contribution < 1.29 is 4.79 Å². The number of para-hydroxylation sites is 1. The second-order valence-electron chi connectivity index (χ2n) is 3.92. The van der Waals surface area contributed by atoms with Crippen molar-refractivity contribution in [2.24, 2.45) is 0 Å². The van der Waals surface area contributed by atoms with Crippen molar-refractivity contribution in [3.8, 4) is 0 Å². The lowest BCUT2D eigenvalue weighted by Crippen LogP contribution is -2.13. The maximum absolute atomic E-state index is 11.9. The number of carbonyl (C=O) groups excluding carboxylic acids is 1. The maximum atomic E-state index is 11.9. The number of amides is 1. The third kappa shape index (κ3) is 2.94. The number of thiazole rings is 1. The lowest BCUT2D eigenvalue weighted by Gasteiger charge is -1.98. The first-order valence-corrected chi connectivity index (χ1v) is 7.61. The summed E-state index contributed by atoms with van der Waals surface area (Å²) in [5.74, 6) is -0.0717. The number of aromatic nitrogens is 1. The Labute approximate surface area is 122 Å². The molecular weight excluding hydrogens is 300 g/mol. The first-order chi connectivity index (χ1) is 9.20. The van der Waals surface area contributed by atoms with Crippen molar-refractivity contribution in [1.29, 1.82) is 0 Å². The van der Waals surface area contributed by atoms with Gasteiger partial charge in [0.25, 0.3) is 0 Å². The Hall–Kier alpha value is -1.43. The Morgan fingerprint density at radius 3 is 2.79 bits per heavy atom. The number of hydrogen-bond acceptors (Lipinski definition) is 4. The van der Waals surface area contributed by atoms with Crippen molar-refractivity contribution in [3.05, 3.63) is 45.6 Å². The number of nitrogens with zero attached hydrogens (tertiary/aromatic N) is 1. The molecule has 0 atom stereocenters. The van der Waals surface area contributed by atoms with Crippen molar-refractivity contribution in [2.45, 2.75) is 6.42 Å². The molecule has 0 spiro atoms. The first-order valence-electron chi connectivity index (χ1n) is 5.60. The highest BCUT2D eigenvalue weighted by Gasteiger charge is 2.09. The number of carbonyl (C=O) groups is 1. The molecule has 96 valence electrons. The second kappa shape index (κ2) is 5.28. The molecular formula is C13H9ClN2OS2. The van der Waals surface area contributed by atoms with Crippen molar-refractivity contribution in [3.63, 3.8) is 0 Å². The molecule has 0 radical (unpaired) electrons. The standard InChI is InChI=1S/C13H9ClN2OS2/c14-11-6-5-8(18-11)7-12(17)16-13-15-9-3-1-2-4-10(9)19-13/h1-6H,7H2,(H,15,16,17). The van der Waals surface area contributed by atoms with Crippen LogP contribution < -0.4 is 5.32 Å². The molecule has 0 unspecified atom stereocenters. The molecule has 0 aliphatic carbocycles. The molecule has 2 aromatic heterocycles. The minimum Gasteiger partial charge on any atom is -0.302 e. The molecule has 19 heavy (non-hydrogen) atoms. The third-order valence-electron chi connectivity index (χ3n) is 2.50. The van der Waals surface area contributed by atoms with Gasteiger partial charge >= 0.3 is 0 Å². The van der Waals surface area contributed by atoms with E-state index >= 15 is 0 Å². The topological polar surface area (TPSA) is 42.0 Å². The van der Waals surface area contributed by atoms with Gasteiger partial charge in [0.1, 0.15) is 0 Å². The number of thiophene rings is 1. The van der Waals surface area contributed by atoms with E-state index in [2.05, 4.69) is 10.3 Å². The van der Waals surface area contributed by atoms with E-state index in [1.54, 1.807) is 6.07 Å². The fraction of sp³-hybridized carbons (Fsp3) is 0.0769. The molecule has 0 saturated carbocycles. The zero-order valence-corrected chi connectivity index (χ0v) is 12.1. The van der Waals surface area contributed by atoms with Crippen LogP contribution in [0.3, 0.4) is 0 Å². The van der Waals surface area contributed by atoms with E-state index in [0.717, 1.165) is 15.1 Å². The van der Waals surface area contributed by atoms with Crippen molar-refractivity contribution >= 4 is 55.5 Å². The molecule has 3 nitrogen and oxygen atoms in total. The molecule has 6 heteroatoms. The van der Waals surface area contributed by atoms with Gasteiger partial charge in [0.05, 0.1) is 21.0 Å². The Bertz CT molecular complexity index is 702. The Morgan fingerprint density at radius 2 is 2.05 bits per heavy atom. The fourth-order valence-electron chi connectivity index (χ4n) is 1.69. The monoisotopic (exact) mass is 308 g/mol. The lowest BCUT2D eigenvalue weighted by atomic mass is 10.3. The maximum Gasteiger partial charge on any atom is 0.231 e. The number of halogens is 1. The number of hydrogen-bond donors (Lipinski definition) is 1. The number of anilines is 1. The van der Waals surface area contributed by atoms with Crippen LogP contribution in [0, 0.1) is 0 Å². The van der Waals surface area contributed by atoms with E-state index in [0.29, 0.717) is 15.9 Å². The molecule has 1 N–H and O–H groups in total. The zero-order valence-electron chi connectivity index (χ0n) is 9.72. The van der Waals surface area contributed by atoms with Crippen LogP contribution in [-0.4, -0.2) is 10.9 Å². The van der Waals surface area contributed by atoms with Crippen LogP contribution in [0.2, 0.25) is 4.34 Å². The highest BCUT2D eigenvalue weighted by Crippen LogP contribution is 2.26. The minimum absolute atomic E-state index is 0.0717. The molecule has 3 rings (SSSR count). The highest BCUT2D eigenvalue weighted by molar-refractivity contribution is 7.22. The van der Waals surface area contributed by atoms with Crippen LogP contribution in [-0.2, 0) is 11.2 Å². The average Bonchev–Trinajstić information content (AvgIpc) is 2.94. The van der Waals surface area contributed by atoms with Gasteiger partial charge in [-0.05, 0) is 24.3 Å². The van der Waals surface area contributed by atoms with E-state index in [1.165, 1.54) is 22.7 Å². The van der Waals surface area contributed by atoms with Crippen LogP contribution in [0.25, 0.3) is 10.2 Å². The molecule has 0 aliphatic heterocycles. The average molecular weight is 309 g/mol. The molecule has 0 fully saturated rings. The molecule has 1 amide bonds. The van der Waals surface area contributed by atoms with Crippen LogP contribution >= 0.6 is 34.3 Å². The number of rotatable bonds is 3. The minimum atomic E-state index is -0.0717. The van der Waals surface area contributed by atoms with Gasteiger partial charge in [0.15, 0.2) is 5.13 Å². The van der Waals surface area contributed by atoms with E-state index < -0.39 is 0 Å². The molecule has 0 aliphatic rings. The molecule has 0 saturated heterocycles. The first kappa shape index (κ1) is 12.6. The van der Waals surface area contributed by atoms with Crippen LogP contribution in [0.15, 0.2) is 36.4 Å². The summed E-state index contributed by atoms with van der Waals surface area (Å²) in [7, 11) is 0. The normalized spacial score (nSPS) is 10.8. The molecule has 3 aromatic rings. The van der Waals surface area contributed by atoms with E-state index in [-0.39, 0.29) is 5.91 Å². The Balaban J connectivity index is 1.72. The van der Waals surface area contributed by atoms with Crippen molar-refractivity contribution in [1.82, 2.24) is 4.98 Å². The van der Waals surface area contributed by atoms with Gasteiger partial charge < -0.3 is 5.32 Å². The summed E-state index contributed by atoms with van der Waals surface area (Å²) in [4.78, 5) is 17.2. The van der Waals surface area contributed by atoms with Gasteiger partial charge in [-0.2, -0.15) is 0 Å². The molecule has 2 heterocycles. The molecule has 0 bridgehead atoms. The van der Waals surface area contributed by atoms with Crippen LogP contribution in [0.1, 0.15) is 4.88 Å². The largest absolute Gasteiger partial charge is 0.302 e. The lowest BCUT2D eigenvalue weighted by molar-refractivity contribution is -0.115. The van der Waals surface area contributed by atoms with E-state index in [4.69, 9.17) is 11.6 Å². The predicted molar refractivity (Wildman–Crippen MR) is 81.3 cm³/mol. The zero-order chi connectivity index (χ0) is 13.2. The molecule has 1 aromatic carbocycles. The summed E-state index contributed by atoms with van der Waals surface area (Å²) in [5.41, 5.74) is 0.905.